The average Bonchev–Trinajstić information content (AvgIpc) is 2.99. The molecule has 3 heterocycles. The van der Waals surface area contributed by atoms with Gasteiger partial charge in [0.05, 0.1) is 10.5 Å². The summed E-state index contributed by atoms with van der Waals surface area (Å²) < 4.78 is 2.08. The van der Waals surface area contributed by atoms with Gasteiger partial charge in [0.15, 0.2) is 0 Å². The number of nitrogens with zero attached hydrogens (tertiary/aromatic N) is 3. The van der Waals surface area contributed by atoms with Crippen molar-refractivity contribution in [2.45, 2.75) is 52.9 Å². The van der Waals surface area contributed by atoms with Crippen molar-refractivity contribution in [3.8, 4) is 0 Å². The second-order valence-corrected chi connectivity index (χ2v) is 9.06. The van der Waals surface area contributed by atoms with Crippen LogP contribution >= 0.6 is 24.0 Å². The number of hydrogen-bond donors (Lipinski definition) is 1. The molecule has 1 aliphatic heterocycles. The second-order valence-electron chi connectivity index (χ2n) is 7.38. The summed E-state index contributed by atoms with van der Waals surface area (Å²) in [5, 5.41) is 3.32. The third kappa shape index (κ3) is 4.75. The van der Waals surface area contributed by atoms with Crippen molar-refractivity contribution in [2.24, 2.45) is 0 Å². The van der Waals surface area contributed by atoms with Crippen LogP contribution in [-0.4, -0.2) is 37.6 Å². The van der Waals surface area contributed by atoms with Gasteiger partial charge < -0.3 is 5.32 Å². The van der Waals surface area contributed by atoms with Crippen LogP contribution in [0.25, 0.3) is 11.7 Å². The van der Waals surface area contributed by atoms with E-state index >= 15 is 0 Å². The molecule has 2 aromatic rings. The third-order valence-corrected chi connectivity index (χ3v) is 6.42. The summed E-state index contributed by atoms with van der Waals surface area (Å²) in [5.74, 6) is 0.383. The van der Waals surface area contributed by atoms with Crippen LogP contribution in [0.4, 0.5) is 5.82 Å². The van der Waals surface area contributed by atoms with Crippen LogP contribution in [0.1, 0.15) is 57.1 Å². The number of aromatic nitrogens is 2. The van der Waals surface area contributed by atoms with Gasteiger partial charge in [-0.2, -0.15) is 0 Å². The molecule has 1 fully saturated rings. The SMILES string of the molecule is CCCCCNc1nc2c(C)cccn2c(=O)c1/C=C1/SC(=S)N(CCCC)C1=O. The molecule has 3 rings (SSSR count). The molecule has 0 bridgehead atoms. The number of thiocarbonyl (C=S) groups is 1. The lowest BCUT2D eigenvalue weighted by Gasteiger charge is -2.13. The Bertz CT molecular complexity index is 1050. The lowest BCUT2D eigenvalue weighted by atomic mass is 10.2. The zero-order chi connectivity index (χ0) is 21.7. The highest BCUT2D eigenvalue weighted by molar-refractivity contribution is 8.26. The molecular weight excluding hydrogens is 416 g/mol. The predicted octanol–water partition coefficient (Wildman–Crippen LogP) is 4.61. The Balaban J connectivity index is 2.04. The predicted molar refractivity (Wildman–Crippen MR) is 129 cm³/mol. The van der Waals surface area contributed by atoms with Gasteiger partial charge in [-0.1, -0.05) is 63.2 Å². The van der Waals surface area contributed by atoms with E-state index in [1.54, 1.807) is 17.2 Å². The van der Waals surface area contributed by atoms with E-state index in [0.29, 0.717) is 32.8 Å². The molecule has 0 aromatic carbocycles. The molecular formula is C22H28N4O2S2. The number of unbranched alkanes of at least 4 members (excludes halogenated alkanes) is 3. The van der Waals surface area contributed by atoms with Gasteiger partial charge >= 0.3 is 0 Å². The van der Waals surface area contributed by atoms with Crippen molar-refractivity contribution in [1.82, 2.24) is 14.3 Å². The Kier molecular flexibility index (Phi) is 7.66. The Morgan fingerprint density at radius 2 is 1.97 bits per heavy atom. The minimum absolute atomic E-state index is 0.135. The van der Waals surface area contributed by atoms with Gasteiger partial charge in [0.25, 0.3) is 11.5 Å². The number of aryl methyl sites for hydroxylation is 1. The summed E-state index contributed by atoms with van der Waals surface area (Å²) in [6.07, 6.45) is 8.44. The zero-order valence-electron chi connectivity index (χ0n) is 17.7. The third-order valence-electron chi connectivity index (χ3n) is 5.04. The lowest BCUT2D eigenvalue weighted by molar-refractivity contribution is -0.122. The molecule has 30 heavy (non-hydrogen) atoms. The first-order valence-corrected chi connectivity index (χ1v) is 11.7. The van der Waals surface area contributed by atoms with E-state index < -0.39 is 0 Å². The zero-order valence-corrected chi connectivity index (χ0v) is 19.4. The molecule has 1 aliphatic rings. The van der Waals surface area contributed by atoms with Gasteiger partial charge in [0.1, 0.15) is 15.8 Å². The maximum Gasteiger partial charge on any atom is 0.267 e. The number of carbonyl (C=O) groups is 1. The topological polar surface area (TPSA) is 66.7 Å². The minimum Gasteiger partial charge on any atom is -0.369 e. The Morgan fingerprint density at radius 1 is 1.20 bits per heavy atom. The van der Waals surface area contributed by atoms with Crippen LogP contribution in [0.15, 0.2) is 28.0 Å². The first-order chi connectivity index (χ1) is 14.5. The van der Waals surface area contributed by atoms with E-state index in [1.807, 2.05) is 19.1 Å². The fraction of sp³-hybridized carbons (Fsp3) is 0.455. The fourth-order valence-electron chi connectivity index (χ4n) is 3.30. The molecule has 1 N–H and O–H groups in total. The first kappa shape index (κ1) is 22.5. The second kappa shape index (κ2) is 10.2. The highest BCUT2D eigenvalue weighted by Gasteiger charge is 2.32. The summed E-state index contributed by atoms with van der Waals surface area (Å²) >= 11 is 6.65. The van der Waals surface area contributed by atoms with Gasteiger partial charge in [-0.25, -0.2) is 4.98 Å². The van der Waals surface area contributed by atoms with Crippen LogP contribution in [-0.2, 0) is 4.79 Å². The van der Waals surface area contributed by atoms with Crippen molar-refractivity contribution < 1.29 is 4.79 Å². The van der Waals surface area contributed by atoms with Crippen molar-refractivity contribution in [1.29, 1.82) is 0 Å². The quantitative estimate of drug-likeness (QED) is 0.346. The minimum atomic E-state index is -0.194. The number of thioether (sulfide) groups is 1. The summed E-state index contributed by atoms with van der Waals surface area (Å²) in [6.45, 7) is 7.49. The van der Waals surface area contributed by atoms with Crippen LogP contribution in [0, 0.1) is 6.92 Å². The van der Waals surface area contributed by atoms with E-state index in [9.17, 15) is 9.59 Å². The van der Waals surface area contributed by atoms with Crippen molar-refractivity contribution >= 4 is 51.7 Å². The summed E-state index contributed by atoms with van der Waals surface area (Å²) in [6, 6.07) is 3.76. The molecule has 1 amide bonds. The maximum absolute atomic E-state index is 13.3. The number of pyridine rings is 1. The van der Waals surface area contributed by atoms with E-state index in [-0.39, 0.29) is 11.5 Å². The van der Waals surface area contributed by atoms with Crippen LogP contribution in [0.3, 0.4) is 0 Å². The first-order valence-electron chi connectivity index (χ1n) is 10.5. The Labute approximate surface area is 186 Å². The van der Waals surface area contributed by atoms with Crippen molar-refractivity contribution in [3.05, 3.63) is 44.7 Å². The molecule has 0 radical (unpaired) electrons. The van der Waals surface area contributed by atoms with Crippen molar-refractivity contribution in [2.75, 3.05) is 18.4 Å². The van der Waals surface area contributed by atoms with E-state index in [4.69, 9.17) is 17.2 Å². The number of fused-ring (bicyclic) bond motifs is 1. The molecule has 8 heteroatoms. The number of anilines is 1. The number of rotatable bonds is 9. The van der Waals surface area contributed by atoms with Gasteiger partial charge in [-0.3, -0.25) is 18.9 Å². The number of nitrogens with one attached hydrogen (secondary N) is 1. The molecule has 0 saturated carbocycles. The molecule has 1 saturated heterocycles. The summed E-state index contributed by atoms with van der Waals surface area (Å²) in [7, 11) is 0. The van der Waals surface area contributed by atoms with Crippen LogP contribution < -0.4 is 10.9 Å². The number of hydrogen-bond acceptors (Lipinski definition) is 6. The van der Waals surface area contributed by atoms with Crippen molar-refractivity contribution in [3.63, 3.8) is 0 Å². The molecule has 160 valence electrons. The Morgan fingerprint density at radius 3 is 2.70 bits per heavy atom. The van der Waals surface area contributed by atoms with E-state index in [0.717, 1.165) is 44.2 Å². The van der Waals surface area contributed by atoms with Gasteiger partial charge in [0.2, 0.25) is 0 Å². The van der Waals surface area contributed by atoms with Gasteiger partial charge in [0, 0.05) is 19.3 Å². The Hall–Kier alpha value is -2.19. The normalized spacial score (nSPS) is 15.6. The molecule has 2 aromatic heterocycles. The molecule has 0 aliphatic carbocycles. The van der Waals surface area contributed by atoms with E-state index in [1.165, 1.54) is 16.2 Å². The fourth-order valence-corrected chi connectivity index (χ4v) is 4.59. The average molecular weight is 445 g/mol. The number of amides is 1. The van der Waals surface area contributed by atoms with Crippen LogP contribution in [0.2, 0.25) is 0 Å². The standard InChI is InChI=1S/C22H28N4O2S2/c1-4-6-8-11-23-18-16(20(27)25-13-9-10-15(3)19(25)24-18)14-17-21(28)26(12-7-5-2)22(29)30-17/h9-10,13-14,23H,4-8,11-12H2,1-3H3/b17-14+. The smallest absolute Gasteiger partial charge is 0.267 e. The summed E-state index contributed by atoms with van der Waals surface area (Å²) in [4.78, 5) is 33.0. The monoisotopic (exact) mass is 444 g/mol. The van der Waals surface area contributed by atoms with Gasteiger partial charge in [-0.05, 0) is 37.5 Å². The highest BCUT2D eigenvalue weighted by Crippen LogP contribution is 2.33. The van der Waals surface area contributed by atoms with E-state index in [2.05, 4.69) is 19.2 Å². The lowest BCUT2D eigenvalue weighted by Crippen LogP contribution is -2.29. The van der Waals surface area contributed by atoms with Gasteiger partial charge in [-0.15, -0.1) is 0 Å². The molecule has 6 nitrogen and oxygen atoms in total. The molecule has 0 unspecified atom stereocenters. The summed E-state index contributed by atoms with van der Waals surface area (Å²) in [5.41, 5.74) is 1.74. The molecule has 0 atom stereocenters. The van der Waals surface area contributed by atoms with Crippen LogP contribution in [0.5, 0.6) is 0 Å². The largest absolute Gasteiger partial charge is 0.369 e. The number of carbonyl (C=O) groups excluding carboxylic acids is 1. The maximum atomic E-state index is 13.3. The highest BCUT2D eigenvalue weighted by atomic mass is 32.2. The molecule has 0 spiro atoms.